The summed E-state index contributed by atoms with van der Waals surface area (Å²) in [6, 6.07) is 4.17. The second kappa shape index (κ2) is 6.77. The maximum absolute atomic E-state index is 13.3. The van der Waals surface area contributed by atoms with Crippen molar-refractivity contribution in [3.8, 4) is 0 Å². The van der Waals surface area contributed by atoms with Crippen LogP contribution in [0.5, 0.6) is 0 Å². The van der Waals surface area contributed by atoms with Crippen LogP contribution in [0.25, 0.3) is 0 Å². The number of amides is 2. The highest BCUT2D eigenvalue weighted by molar-refractivity contribution is 5.76. The zero-order valence-corrected chi connectivity index (χ0v) is 12.8. The molecule has 0 saturated heterocycles. The highest BCUT2D eigenvalue weighted by Gasteiger charge is 2.24. The van der Waals surface area contributed by atoms with Crippen LogP contribution >= 0.6 is 0 Å². The molecule has 120 valence electrons. The molecule has 2 unspecified atom stereocenters. The molecule has 2 rings (SSSR count). The quantitative estimate of drug-likeness (QED) is 0.898. The first-order valence-electron chi connectivity index (χ1n) is 7.41. The summed E-state index contributed by atoms with van der Waals surface area (Å²) in [7, 11) is 1.57. The number of benzene rings is 1. The smallest absolute Gasteiger partial charge is 0.317 e. The van der Waals surface area contributed by atoms with Gasteiger partial charge in [-0.15, -0.1) is 0 Å². The summed E-state index contributed by atoms with van der Waals surface area (Å²) in [6.45, 7) is 1.70. The van der Waals surface area contributed by atoms with Gasteiger partial charge in [0.2, 0.25) is 0 Å². The number of aliphatic carboxylic acids is 1. The summed E-state index contributed by atoms with van der Waals surface area (Å²) in [6.07, 6.45) is 2.49. The molecule has 0 aliphatic heterocycles. The van der Waals surface area contributed by atoms with Crippen LogP contribution in [0, 0.1) is 11.7 Å². The molecule has 2 amide bonds. The summed E-state index contributed by atoms with van der Waals surface area (Å²) in [4.78, 5) is 24.4. The number of halogens is 1. The predicted octanol–water partition coefficient (Wildman–Crippen LogP) is 2.57. The Morgan fingerprint density at radius 1 is 1.50 bits per heavy atom. The van der Waals surface area contributed by atoms with Gasteiger partial charge in [-0.3, -0.25) is 4.79 Å². The summed E-state index contributed by atoms with van der Waals surface area (Å²) in [5, 5.41) is 11.8. The Labute approximate surface area is 129 Å². The van der Waals surface area contributed by atoms with Crippen molar-refractivity contribution in [2.45, 2.75) is 32.2 Å². The van der Waals surface area contributed by atoms with Crippen molar-refractivity contribution in [1.29, 1.82) is 0 Å². The Balaban J connectivity index is 2.02. The van der Waals surface area contributed by atoms with E-state index in [0.29, 0.717) is 0 Å². The van der Waals surface area contributed by atoms with Crippen molar-refractivity contribution in [2.75, 3.05) is 13.6 Å². The van der Waals surface area contributed by atoms with Gasteiger partial charge < -0.3 is 15.3 Å². The highest BCUT2D eigenvalue weighted by Crippen LogP contribution is 2.30. The standard InChI is InChI=1S/C16H21FN2O3/c1-10(15(20)21)9-19(2)16(22)18-14-5-3-4-11-8-12(17)6-7-13(11)14/h6-8,10,14H,3-5,9H2,1-2H3,(H,18,22)(H,20,21). The fourth-order valence-corrected chi connectivity index (χ4v) is 2.76. The summed E-state index contributed by atoms with van der Waals surface area (Å²) in [5.41, 5.74) is 1.87. The lowest BCUT2D eigenvalue weighted by molar-refractivity contribution is -0.141. The summed E-state index contributed by atoms with van der Waals surface area (Å²) in [5.74, 6) is -1.82. The monoisotopic (exact) mass is 308 g/mol. The Morgan fingerprint density at radius 3 is 2.91 bits per heavy atom. The van der Waals surface area contributed by atoms with Crippen LogP contribution in [0.3, 0.4) is 0 Å². The van der Waals surface area contributed by atoms with Crippen molar-refractivity contribution < 1.29 is 19.1 Å². The molecule has 1 aliphatic rings. The third-order valence-electron chi connectivity index (χ3n) is 4.03. The van der Waals surface area contributed by atoms with E-state index in [9.17, 15) is 14.0 Å². The zero-order valence-electron chi connectivity index (χ0n) is 12.8. The SMILES string of the molecule is CC(CN(C)C(=O)NC1CCCc2cc(F)ccc21)C(=O)O. The molecule has 1 aliphatic carbocycles. The number of hydrogen-bond acceptors (Lipinski definition) is 2. The first-order valence-corrected chi connectivity index (χ1v) is 7.41. The zero-order chi connectivity index (χ0) is 16.3. The Kier molecular flexibility index (Phi) is 5.00. The maximum atomic E-state index is 13.3. The fraction of sp³-hybridized carbons (Fsp3) is 0.500. The van der Waals surface area contributed by atoms with E-state index in [-0.39, 0.29) is 24.4 Å². The van der Waals surface area contributed by atoms with Crippen LogP contribution in [0.15, 0.2) is 18.2 Å². The molecule has 6 heteroatoms. The lowest BCUT2D eigenvalue weighted by Gasteiger charge is -2.29. The number of urea groups is 1. The number of rotatable bonds is 4. The predicted molar refractivity (Wildman–Crippen MR) is 80.0 cm³/mol. The minimum atomic E-state index is -0.932. The Hall–Kier alpha value is -2.11. The van der Waals surface area contributed by atoms with E-state index in [4.69, 9.17) is 5.11 Å². The van der Waals surface area contributed by atoms with Gasteiger partial charge in [0.15, 0.2) is 0 Å². The second-order valence-electron chi connectivity index (χ2n) is 5.86. The minimum absolute atomic E-state index is 0.143. The Bertz CT molecular complexity index is 577. The van der Waals surface area contributed by atoms with E-state index >= 15 is 0 Å². The van der Waals surface area contributed by atoms with Gasteiger partial charge >= 0.3 is 12.0 Å². The van der Waals surface area contributed by atoms with Crippen LogP contribution < -0.4 is 5.32 Å². The molecule has 1 aromatic carbocycles. The van der Waals surface area contributed by atoms with Crippen LogP contribution in [-0.4, -0.2) is 35.6 Å². The number of nitrogens with zero attached hydrogens (tertiary/aromatic N) is 1. The molecule has 0 fully saturated rings. The van der Waals surface area contributed by atoms with Gasteiger partial charge in [-0.2, -0.15) is 0 Å². The molecule has 0 bridgehead atoms. The molecule has 0 heterocycles. The molecule has 5 nitrogen and oxygen atoms in total. The van der Waals surface area contributed by atoms with Crippen LogP contribution in [0.4, 0.5) is 9.18 Å². The van der Waals surface area contributed by atoms with E-state index in [1.54, 1.807) is 20.0 Å². The molecule has 0 radical (unpaired) electrons. The van der Waals surface area contributed by atoms with E-state index in [2.05, 4.69) is 5.32 Å². The average Bonchev–Trinajstić information content (AvgIpc) is 2.46. The molecule has 0 saturated carbocycles. The lowest BCUT2D eigenvalue weighted by Crippen LogP contribution is -2.43. The van der Waals surface area contributed by atoms with Crippen molar-refractivity contribution in [3.63, 3.8) is 0 Å². The van der Waals surface area contributed by atoms with E-state index in [1.165, 1.54) is 17.0 Å². The van der Waals surface area contributed by atoms with Gasteiger partial charge in [-0.1, -0.05) is 13.0 Å². The van der Waals surface area contributed by atoms with Gasteiger partial charge in [-0.05, 0) is 42.5 Å². The Morgan fingerprint density at radius 2 is 2.23 bits per heavy atom. The van der Waals surface area contributed by atoms with Crippen LogP contribution in [0.1, 0.15) is 36.9 Å². The maximum Gasteiger partial charge on any atom is 0.317 e. The number of carbonyl (C=O) groups is 2. The van der Waals surface area contributed by atoms with Gasteiger partial charge in [0, 0.05) is 13.6 Å². The first kappa shape index (κ1) is 16.3. The van der Waals surface area contributed by atoms with Crippen LogP contribution in [-0.2, 0) is 11.2 Å². The third kappa shape index (κ3) is 3.75. The van der Waals surface area contributed by atoms with Crippen molar-refractivity contribution >= 4 is 12.0 Å². The number of carboxylic acid groups (broad SMARTS) is 1. The highest BCUT2D eigenvalue weighted by atomic mass is 19.1. The second-order valence-corrected chi connectivity index (χ2v) is 5.86. The normalized spacial score (nSPS) is 18.2. The summed E-state index contributed by atoms with van der Waals surface area (Å²) < 4.78 is 13.3. The number of carbonyl (C=O) groups excluding carboxylic acids is 1. The fourth-order valence-electron chi connectivity index (χ4n) is 2.76. The number of aryl methyl sites for hydroxylation is 1. The van der Waals surface area contributed by atoms with Gasteiger partial charge in [0.05, 0.1) is 12.0 Å². The lowest BCUT2D eigenvalue weighted by atomic mass is 9.87. The minimum Gasteiger partial charge on any atom is -0.481 e. The third-order valence-corrected chi connectivity index (χ3v) is 4.03. The molecular weight excluding hydrogens is 287 g/mol. The molecular formula is C16H21FN2O3. The molecule has 1 aromatic rings. The largest absolute Gasteiger partial charge is 0.481 e. The molecule has 0 spiro atoms. The molecule has 0 aromatic heterocycles. The number of nitrogens with one attached hydrogen (secondary N) is 1. The van der Waals surface area contributed by atoms with E-state index in [1.807, 2.05) is 0 Å². The van der Waals surface area contributed by atoms with Gasteiger partial charge in [0.25, 0.3) is 0 Å². The topological polar surface area (TPSA) is 69.6 Å². The summed E-state index contributed by atoms with van der Waals surface area (Å²) >= 11 is 0. The van der Waals surface area contributed by atoms with E-state index in [0.717, 1.165) is 30.4 Å². The van der Waals surface area contributed by atoms with E-state index < -0.39 is 11.9 Å². The van der Waals surface area contributed by atoms with Crippen molar-refractivity contribution in [2.24, 2.45) is 5.92 Å². The molecule has 2 N–H and O–H groups in total. The van der Waals surface area contributed by atoms with Crippen molar-refractivity contribution in [1.82, 2.24) is 10.2 Å². The number of carboxylic acids is 1. The van der Waals surface area contributed by atoms with Crippen LogP contribution in [0.2, 0.25) is 0 Å². The van der Waals surface area contributed by atoms with Gasteiger partial charge in [-0.25, -0.2) is 9.18 Å². The van der Waals surface area contributed by atoms with Gasteiger partial charge in [0.1, 0.15) is 5.82 Å². The molecule has 22 heavy (non-hydrogen) atoms. The molecule has 2 atom stereocenters. The van der Waals surface area contributed by atoms with Crippen molar-refractivity contribution in [3.05, 3.63) is 35.1 Å². The number of hydrogen-bond donors (Lipinski definition) is 2. The number of fused-ring (bicyclic) bond motifs is 1. The first-order chi connectivity index (χ1) is 10.4. The average molecular weight is 308 g/mol.